The minimum absolute atomic E-state index is 0. The van der Waals surface area contributed by atoms with Crippen molar-refractivity contribution >= 4 is 30.8 Å². The summed E-state index contributed by atoms with van der Waals surface area (Å²) in [6.07, 6.45) is 1.90. The molecule has 0 amide bonds. The number of aliphatic carboxylic acids is 1. The van der Waals surface area contributed by atoms with Gasteiger partial charge < -0.3 is 16.0 Å². The van der Waals surface area contributed by atoms with E-state index in [0.29, 0.717) is 19.4 Å². The fraction of sp³-hybridized carbons (Fsp3) is 0.833. The number of rotatable bonds is 6. The quantitative estimate of drug-likeness (QED) is 0.394. The smallest absolute Gasteiger partial charge is 0.320 e. The molecule has 0 aromatic carbocycles. The Morgan fingerprint density at radius 1 is 1.38 bits per heavy atom. The van der Waals surface area contributed by atoms with E-state index in [1.165, 1.54) is 0 Å². The number of carboxylic acid groups (broad SMARTS) is 1. The predicted octanol–water partition coefficient (Wildman–Crippen LogP) is 0.391. The minimum Gasteiger partial charge on any atom is -0.480 e. The van der Waals surface area contributed by atoms with Crippen LogP contribution in [0.1, 0.15) is 19.3 Å². The van der Waals surface area contributed by atoms with Crippen molar-refractivity contribution in [2.45, 2.75) is 25.3 Å². The topological polar surface area (TPSA) is 95.6 Å². The lowest BCUT2D eigenvalue weighted by Crippen LogP contribution is -2.29. The molecule has 0 unspecified atom stereocenters. The third-order valence-electron chi connectivity index (χ3n) is 1.37. The first kappa shape index (κ1) is 18.7. The third kappa shape index (κ3) is 11.9. The first-order chi connectivity index (χ1) is 5.18. The lowest BCUT2D eigenvalue weighted by atomic mass is 10.1. The van der Waals surface area contributed by atoms with Crippen molar-refractivity contribution in [2.24, 2.45) is 5.73 Å². The molecule has 0 heterocycles. The van der Waals surface area contributed by atoms with Crippen LogP contribution >= 0.6 is 24.8 Å². The largest absolute Gasteiger partial charge is 0.480 e. The van der Waals surface area contributed by atoms with Crippen LogP contribution in [0.3, 0.4) is 0 Å². The molecule has 0 aliphatic rings. The summed E-state index contributed by atoms with van der Waals surface area (Å²) in [5.74, 6) is -0.970. The van der Waals surface area contributed by atoms with Crippen LogP contribution in [0.15, 0.2) is 0 Å². The summed E-state index contributed by atoms with van der Waals surface area (Å²) in [6.45, 7) is 0.479. The molecule has 0 aliphatic heterocycles. The highest BCUT2D eigenvalue weighted by Crippen LogP contribution is 1.97. The molecule has 7 heteroatoms. The highest BCUT2D eigenvalue weighted by atomic mass is 35.5. The predicted molar refractivity (Wildman–Crippen MR) is 53.7 cm³/mol. The minimum atomic E-state index is -0.970. The molecule has 0 aromatic heterocycles. The van der Waals surface area contributed by atoms with Crippen molar-refractivity contribution in [3.63, 3.8) is 0 Å². The highest BCUT2D eigenvalue weighted by Gasteiger charge is 2.09. The zero-order valence-corrected chi connectivity index (χ0v) is 8.74. The summed E-state index contributed by atoms with van der Waals surface area (Å²) < 4.78 is 0. The number of unbranched alkanes of at least 4 members (excludes halogenated alkanes) is 1. The number of hydrogen-bond acceptors (Lipinski definition) is 4. The maximum absolute atomic E-state index is 10.2. The van der Waals surface area contributed by atoms with Crippen molar-refractivity contribution in [1.29, 1.82) is 0 Å². The second kappa shape index (κ2) is 11.9. The summed E-state index contributed by atoms with van der Waals surface area (Å²) in [6, 6.07) is -0.770. The van der Waals surface area contributed by atoms with E-state index in [2.05, 4.69) is 0 Å². The molecular weight excluding hydrogens is 219 g/mol. The zero-order valence-electron chi connectivity index (χ0n) is 7.10. The van der Waals surface area contributed by atoms with Crippen LogP contribution in [-0.4, -0.2) is 28.9 Å². The maximum atomic E-state index is 10.2. The van der Waals surface area contributed by atoms with Gasteiger partial charge in [-0.3, -0.25) is 4.79 Å². The molecule has 0 fully saturated rings. The average Bonchev–Trinajstić information content (AvgIpc) is 1.97. The molecule has 0 saturated heterocycles. The van der Waals surface area contributed by atoms with Gasteiger partial charge in [-0.15, -0.1) is 24.8 Å². The monoisotopic (exact) mass is 234 g/mol. The Morgan fingerprint density at radius 3 is 2.31 bits per heavy atom. The van der Waals surface area contributed by atoms with Crippen LogP contribution in [0.2, 0.25) is 0 Å². The zero-order chi connectivity index (χ0) is 8.69. The van der Waals surface area contributed by atoms with Crippen LogP contribution in [0.5, 0.6) is 0 Å². The summed E-state index contributed by atoms with van der Waals surface area (Å²) in [7, 11) is 0. The number of nitrogens with one attached hydrogen (secondary N) is 1. The molecular formula is C6H16Cl2N2O3. The third-order valence-corrected chi connectivity index (χ3v) is 1.37. The fourth-order valence-corrected chi connectivity index (χ4v) is 0.692. The Labute approximate surface area is 89.5 Å². The number of nitrogens with two attached hydrogens (primary N) is 1. The van der Waals surface area contributed by atoms with Crippen LogP contribution in [-0.2, 0) is 4.79 Å². The van der Waals surface area contributed by atoms with Gasteiger partial charge in [0, 0.05) is 6.54 Å². The molecule has 0 spiro atoms. The van der Waals surface area contributed by atoms with Crippen molar-refractivity contribution < 1.29 is 15.1 Å². The number of halogens is 2. The molecule has 0 aromatic rings. The van der Waals surface area contributed by atoms with Gasteiger partial charge in [0.1, 0.15) is 6.04 Å². The van der Waals surface area contributed by atoms with Crippen molar-refractivity contribution in [3.8, 4) is 0 Å². The molecule has 1 atom stereocenters. The van der Waals surface area contributed by atoms with Crippen LogP contribution in [0.4, 0.5) is 0 Å². The van der Waals surface area contributed by atoms with E-state index in [-0.39, 0.29) is 24.8 Å². The Kier molecular flexibility index (Phi) is 17.1. The maximum Gasteiger partial charge on any atom is 0.320 e. The lowest BCUT2D eigenvalue weighted by Gasteiger charge is -2.04. The molecule has 82 valence electrons. The number of carbonyl (C=O) groups is 1. The summed E-state index contributed by atoms with van der Waals surface area (Å²) in [5.41, 5.74) is 7.20. The lowest BCUT2D eigenvalue weighted by molar-refractivity contribution is -0.138. The van der Waals surface area contributed by atoms with Gasteiger partial charge in [-0.25, -0.2) is 5.48 Å². The molecule has 13 heavy (non-hydrogen) atoms. The van der Waals surface area contributed by atoms with E-state index in [9.17, 15) is 4.79 Å². The van der Waals surface area contributed by atoms with Gasteiger partial charge in [0.15, 0.2) is 0 Å². The fourth-order valence-electron chi connectivity index (χ4n) is 0.692. The molecule has 5 N–H and O–H groups in total. The van der Waals surface area contributed by atoms with Gasteiger partial charge >= 0.3 is 5.97 Å². The Hall–Kier alpha value is -0.0700. The van der Waals surface area contributed by atoms with E-state index in [4.69, 9.17) is 16.0 Å². The molecule has 0 radical (unpaired) electrons. The molecule has 5 nitrogen and oxygen atoms in total. The number of carboxylic acids is 1. The van der Waals surface area contributed by atoms with E-state index in [0.717, 1.165) is 6.42 Å². The molecule has 0 bridgehead atoms. The van der Waals surface area contributed by atoms with Crippen molar-refractivity contribution in [1.82, 2.24) is 5.48 Å². The Morgan fingerprint density at radius 2 is 1.92 bits per heavy atom. The highest BCUT2D eigenvalue weighted by molar-refractivity contribution is 5.85. The second-order valence-electron chi connectivity index (χ2n) is 2.35. The van der Waals surface area contributed by atoms with E-state index < -0.39 is 12.0 Å². The Bertz CT molecular complexity index is 126. The van der Waals surface area contributed by atoms with E-state index in [1.54, 1.807) is 0 Å². The van der Waals surface area contributed by atoms with Gasteiger partial charge in [-0.05, 0) is 19.3 Å². The molecule has 0 rings (SSSR count). The molecule has 0 saturated carbocycles. The molecule has 0 aliphatic carbocycles. The summed E-state index contributed by atoms with van der Waals surface area (Å²) in [4.78, 5) is 10.2. The SMILES string of the molecule is Cl.Cl.N[C@@H](CCCCNO)C(=O)O. The standard InChI is InChI=1S/C6H14N2O3.2ClH/c7-5(6(9)10)3-1-2-4-8-11;;/h5,8,11H,1-4,7H2,(H,9,10);2*1H/t5-;;/m0../s1. The van der Waals surface area contributed by atoms with Gasteiger partial charge in [-0.2, -0.15) is 0 Å². The Balaban J connectivity index is -0.000000500. The van der Waals surface area contributed by atoms with Crippen molar-refractivity contribution in [2.75, 3.05) is 6.54 Å². The summed E-state index contributed by atoms with van der Waals surface area (Å²) >= 11 is 0. The van der Waals surface area contributed by atoms with Crippen LogP contribution in [0, 0.1) is 0 Å². The van der Waals surface area contributed by atoms with Crippen molar-refractivity contribution in [3.05, 3.63) is 0 Å². The first-order valence-electron chi connectivity index (χ1n) is 3.54. The normalized spacial score (nSPS) is 10.9. The first-order valence-corrected chi connectivity index (χ1v) is 3.54. The van der Waals surface area contributed by atoms with Gasteiger partial charge in [-0.1, -0.05) is 0 Å². The van der Waals surface area contributed by atoms with Gasteiger partial charge in [0.2, 0.25) is 0 Å². The van der Waals surface area contributed by atoms with Crippen LogP contribution < -0.4 is 11.2 Å². The second-order valence-corrected chi connectivity index (χ2v) is 2.35. The van der Waals surface area contributed by atoms with E-state index >= 15 is 0 Å². The van der Waals surface area contributed by atoms with Gasteiger partial charge in [0.05, 0.1) is 0 Å². The van der Waals surface area contributed by atoms with Crippen LogP contribution in [0.25, 0.3) is 0 Å². The van der Waals surface area contributed by atoms with E-state index in [1.807, 2.05) is 5.48 Å². The average molecular weight is 235 g/mol. The summed E-state index contributed by atoms with van der Waals surface area (Å²) in [5, 5.41) is 16.5. The van der Waals surface area contributed by atoms with Gasteiger partial charge in [0.25, 0.3) is 0 Å². The number of hydrogen-bond donors (Lipinski definition) is 4. The number of hydroxylamine groups is 1.